The van der Waals surface area contributed by atoms with Crippen LogP contribution in [0.1, 0.15) is 25.7 Å². The van der Waals surface area contributed by atoms with Crippen LogP contribution in [0.5, 0.6) is 0 Å². The molecule has 4 nitrogen and oxygen atoms in total. The maximum atomic E-state index is 13.2. The molecule has 1 aliphatic rings. The minimum Gasteiger partial charge on any atom is -0.338 e. The molecular weight excluding hydrogens is 264 g/mol. The highest BCUT2D eigenvalue weighted by Gasteiger charge is 2.39. The van der Waals surface area contributed by atoms with Gasteiger partial charge in [0.1, 0.15) is 11.6 Å². The Labute approximate surface area is 115 Å². The van der Waals surface area contributed by atoms with E-state index in [-0.39, 0.29) is 16.8 Å². The van der Waals surface area contributed by atoms with Crippen molar-refractivity contribution in [3.05, 3.63) is 35.7 Å². The first-order valence-electron chi connectivity index (χ1n) is 6.64. The summed E-state index contributed by atoms with van der Waals surface area (Å²) >= 11 is 0. The van der Waals surface area contributed by atoms with E-state index < -0.39 is 11.6 Å². The fourth-order valence-corrected chi connectivity index (χ4v) is 2.62. The predicted octanol–water partition coefficient (Wildman–Crippen LogP) is 2.66. The molecule has 1 unspecified atom stereocenters. The van der Waals surface area contributed by atoms with Gasteiger partial charge in [-0.25, -0.2) is 8.78 Å². The Hall–Kier alpha value is -1.82. The van der Waals surface area contributed by atoms with E-state index in [0.717, 1.165) is 32.0 Å². The number of aromatic nitrogens is 2. The second kappa shape index (κ2) is 4.94. The maximum absolute atomic E-state index is 13.2. The van der Waals surface area contributed by atoms with Crippen LogP contribution in [0.2, 0.25) is 0 Å². The molecule has 20 heavy (non-hydrogen) atoms. The molecule has 1 aromatic heterocycles. The van der Waals surface area contributed by atoms with Crippen LogP contribution in [-0.4, -0.2) is 23.2 Å². The quantitative estimate of drug-likeness (QED) is 0.938. The van der Waals surface area contributed by atoms with Gasteiger partial charge in [-0.15, -0.1) is 0 Å². The monoisotopic (exact) mass is 279 g/mol. The number of benzene rings is 1. The first-order chi connectivity index (χ1) is 9.63. The summed E-state index contributed by atoms with van der Waals surface area (Å²) in [7, 11) is 0. The largest absolute Gasteiger partial charge is 0.338 e. The molecule has 2 aromatic rings. The first kappa shape index (κ1) is 13.2. The van der Waals surface area contributed by atoms with Crippen LogP contribution < -0.4 is 5.32 Å². The Morgan fingerprint density at radius 2 is 2.05 bits per heavy atom. The van der Waals surface area contributed by atoms with Crippen molar-refractivity contribution in [3.8, 4) is 11.4 Å². The van der Waals surface area contributed by atoms with Gasteiger partial charge >= 0.3 is 0 Å². The van der Waals surface area contributed by atoms with Gasteiger partial charge in [0.2, 0.25) is 11.7 Å². The average molecular weight is 279 g/mol. The topological polar surface area (TPSA) is 51.0 Å². The standard InChI is InChI=1S/C14H15F2N3O/c1-2-14(3-4-17-8-14)13-18-12(19-20-13)9-5-10(15)7-11(16)6-9/h5-7,17H,2-4,8H2,1H3. The van der Waals surface area contributed by atoms with Crippen LogP contribution in [0, 0.1) is 11.6 Å². The number of nitrogens with one attached hydrogen (secondary N) is 1. The molecule has 106 valence electrons. The number of hydrogen-bond acceptors (Lipinski definition) is 4. The second-order valence-corrected chi connectivity index (χ2v) is 5.14. The minimum atomic E-state index is -0.654. The molecule has 0 saturated carbocycles. The molecule has 0 aliphatic carbocycles. The van der Waals surface area contributed by atoms with Gasteiger partial charge in [0.05, 0.1) is 5.41 Å². The Morgan fingerprint density at radius 3 is 2.65 bits per heavy atom. The van der Waals surface area contributed by atoms with E-state index in [2.05, 4.69) is 22.4 Å². The zero-order valence-electron chi connectivity index (χ0n) is 11.1. The van der Waals surface area contributed by atoms with E-state index in [0.29, 0.717) is 5.89 Å². The normalized spacial score (nSPS) is 22.4. The Morgan fingerprint density at radius 1 is 1.30 bits per heavy atom. The zero-order chi connectivity index (χ0) is 14.2. The summed E-state index contributed by atoms with van der Waals surface area (Å²) in [5.74, 6) is -0.555. The van der Waals surface area contributed by atoms with E-state index in [4.69, 9.17) is 4.52 Å². The van der Waals surface area contributed by atoms with Crippen LogP contribution in [0.15, 0.2) is 22.7 Å². The molecule has 1 aromatic carbocycles. The number of halogens is 2. The number of rotatable bonds is 3. The van der Waals surface area contributed by atoms with E-state index in [1.54, 1.807) is 0 Å². The molecule has 3 rings (SSSR count). The molecule has 0 bridgehead atoms. The molecule has 0 spiro atoms. The Kier molecular flexibility index (Phi) is 3.25. The molecule has 6 heteroatoms. The maximum Gasteiger partial charge on any atom is 0.234 e. The van der Waals surface area contributed by atoms with Gasteiger partial charge in [-0.3, -0.25) is 0 Å². The van der Waals surface area contributed by atoms with Gasteiger partial charge in [0.25, 0.3) is 0 Å². The SMILES string of the molecule is CCC1(c2nc(-c3cc(F)cc(F)c3)no2)CCNC1. The highest BCUT2D eigenvalue weighted by Crippen LogP contribution is 2.34. The highest BCUT2D eigenvalue weighted by molar-refractivity contribution is 5.54. The lowest BCUT2D eigenvalue weighted by Crippen LogP contribution is -2.28. The van der Waals surface area contributed by atoms with Crippen molar-refractivity contribution in [2.24, 2.45) is 0 Å². The summed E-state index contributed by atoms with van der Waals surface area (Å²) < 4.78 is 31.8. The number of nitrogens with zero attached hydrogens (tertiary/aromatic N) is 2. The summed E-state index contributed by atoms with van der Waals surface area (Å²) in [5, 5.41) is 7.14. The van der Waals surface area contributed by atoms with Crippen LogP contribution in [0.25, 0.3) is 11.4 Å². The molecule has 1 fully saturated rings. The Balaban J connectivity index is 1.97. The lowest BCUT2D eigenvalue weighted by molar-refractivity contribution is 0.285. The first-order valence-corrected chi connectivity index (χ1v) is 6.64. The zero-order valence-corrected chi connectivity index (χ0v) is 11.1. The summed E-state index contributed by atoms with van der Waals surface area (Å²) in [6.07, 6.45) is 1.79. The van der Waals surface area contributed by atoms with Crippen molar-refractivity contribution < 1.29 is 13.3 Å². The van der Waals surface area contributed by atoms with Crippen molar-refractivity contribution in [2.75, 3.05) is 13.1 Å². The van der Waals surface area contributed by atoms with Crippen LogP contribution in [0.3, 0.4) is 0 Å². The lowest BCUT2D eigenvalue weighted by atomic mass is 9.84. The van der Waals surface area contributed by atoms with Gasteiger partial charge in [-0.05, 0) is 31.5 Å². The minimum absolute atomic E-state index is 0.170. The molecule has 1 saturated heterocycles. The summed E-state index contributed by atoms with van der Waals surface area (Å²) in [6.45, 7) is 3.75. The molecule has 0 radical (unpaired) electrons. The molecule has 0 amide bonds. The van der Waals surface area contributed by atoms with Gasteiger partial charge in [0.15, 0.2) is 0 Å². The van der Waals surface area contributed by atoms with Gasteiger partial charge in [-0.2, -0.15) is 4.98 Å². The molecule has 1 N–H and O–H groups in total. The Bertz CT molecular complexity index is 600. The van der Waals surface area contributed by atoms with Crippen LogP contribution in [0.4, 0.5) is 8.78 Å². The van der Waals surface area contributed by atoms with Crippen molar-refractivity contribution >= 4 is 0 Å². The van der Waals surface area contributed by atoms with E-state index in [1.165, 1.54) is 12.1 Å². The smallest absolute Gasteiger partial charge is 0.234 e. The van der Waals surface area contributed by atoms with Crippen molar-refractivity contribution in [1.29, 1.82) is 0 Å². The van der Waals surface area contributed by atoms with Gasteiger partial charge < -0.3 is 9.84 Å². The van der Waals surface area contributed by atoms with Crippen LogP contribution in [-0.2, 0) is 5.41 Å². The molecule has 1 aliphatic heterocycles. The third-order valence-corrected chi connectivity index (χ3v) is 3.92. The summed E-state index contributed by atoms with van der Waals surface area (Å²) in [6, 6.07) is 3.21. The van der Waals surface area contributed by atoms with Crippen molar-refractivity contribution in [2.45, 2.75) is 25.2 Å². The second-order valence-electron chi connectivity index (χ2n) is 5.14. The van der Waals surface area contributed by atoms with Crippen molar-refractivity contribution in [3.63, 3.8) is 0 Å². The number of hydrogen-bond donors (Lipinski definition) is 1. The van der Waals surface area contributed by atoms with E-state index in [9.17, 15) is 8.78 Å². The predicted molar refractivity (Wildman–Crippen MR) is 69.1 cm³/mol. The highest BCUT2D eigenvalue weighted by atomic mass is 19.1. The fourth-order valence-electron chi connectivity index (χ4n) is 2.62. The third kappa shape index (κ3) is 2.20. The van der Waals surface area contributed by atoms with Gasteiger partial charge in [-0.1, -0.05) is 12.1 Å². The van der Waals surface area contributed by atoms with E-state index >= 15 is 0 Å². The molecule has 1 atom stereocenters. The average Bonchev–Trinajstić information content (AvgIpc) is 3.07. The third-order valence-electron chi connectivity index (χ3n) is 3.92. The fraction of sp³-hybridized carbons (Fsp3) is 0.429. The molecule has 2 heterocycles. The summed E-state index contributed by atoms with van der Waals surface area (Å²) in [4.78, 5) is 4.34. The van der Waals surface area contributed by atoms with E-state index in [1.807, 2.05) is 0 Å². The lowest BCUT2D eigenvalue weighted by Gasteiger charge is -2.20. The van der Waals surface area contributed by atoms with Gasteiger partial charge in [0, 0.05) is 18.2 Å². The molecular formula is C14H15F2N3O. The van der Waals surface area contributed by atoms with Crippen LogP contribution >= 0.6 is 0 Å². The van der Waals surface area contributed by atoms with Crippen molar-refractivity contribution in [1.82, 2.24) is 15.5 Å². The summed E-state index contributed by atoms with van der Waals surface area (Å²) in [5.41, 5.74) is 0.117.